The highest BCUT2D eigenvalue weighted by molar-refractivity contribution is 5.93. The minimum Gasteiger partial charge on any atom is -0.441 e. The van der Waals surface area contributed by atoms with Gasteiger partial charge in [-0.05, 0) is 43.3 Å². The van der Waals surface area contributed by atoms with E-state index < -0.39 is 0 Å². The van der Waals surface area contributed by atoms with Crippen molar-refractivity contribution in [3.05, 3.63) is 90.3 Å². The molecule has 2 N–H and O–H groups in total. The molecule has 31 heavy (non-hydrogen) atoms. The number of para-hydroxylation sites is 2. The van der Waals surface area contributed by atoms with Gasteiger partial charge >= 0.3 is 0 Å². The highest BCUT2D eigenvalue weighted by Crippen LogP contribution is 2.24. The highest BCUT2D eigenvalue weighted by Gasteiger charge is 2.15. The number of carbonyl (C=O) groups is 1. The lowest BCUT2D eigenvalue weighted by molar-refractivity contribution is -0.115. The van der Waals surface area contributed by atoms with Gasteiger partial charge in [-0.2, -0.15) is 0 Å². The van der Waals surface area contributed by atoms with Crippen LogP contribution in [0.15, 0.2) is 83.3 Å². The van der Waals surface area contributed by atoms with Crippen LogP contribution in [0.25, 0.3) is 33.9 Å². The molecule has 2 aromatic heterocycles. The second kappa shape index (κ2) is 7.91. The fourth-order valence-electron chi connectivity index (χ4n) is 3.49. The Morgan fingerprint density at radius 3 is 2.55 bits per heavy atom. The van der Waals surface area contributed by atoms with Crippen LogP contribution in [0.3, 0.4) is 0 Å². The van der Waals surface area contributed by atoms with Crippen molar-refractivity contribution in [3.8, 4) is 22.8 Å². The normalized spacial score (nSPS) is 11.0. The van der Waals surface area contributed by atoms with Crippen molar-refractivity contribution in [3.63, 3.8) is 0 Å². The van der Waals surface area contributed by atoms with E-state index in [1.807, 2.05) is 85.8 Å². The first-order chi connectivity index (χ1) is 15.2. The van der Waals surface area contributed by atoms with Gasteiger partial charge in [-0.25, -0.2) is 9.97 Å². The molecule has 0 radical (unpaired) electrons. The predicted molar refractivity (Wildman–Crippen MR) is 121 cm³/mol. The highest BCUT2D eigenvalue weighted by atomic mass is 16.4. The van der Waals surface area contributed by atoms with Crippen LogP contribution in [0.4, 0.5) is 5.69 Å². The van der Waals surface area contributed by atoms with E-state index in [1.165, 1.54) is 0 Å². The molecule has 0 atom stereocenters. The molecule has 3 aromatic carbocycles. The molecule has 0 aliphatic carbocycles. The van der Waals surface area contributed by atoms with Crippen molar-refractivity contribution < 1.29 is 9.21 Å². The number of imidazole rings is 1. The number of carbonyl (C=O) groups excluding carboxylic acids is 1. The van der Waals surface area contributed by atoms with E-state index in [9.17, 15) is 4.79 Å². The van der Waals surface area contributed by atoms with E-state index in [0.29, 0.717) is 23.0 Å². The first kappa shape index (κ1) is 18.8. The van der Waals surface area contributed by atoms with Gasteiger partial charge in [-0.3, -0.25) is 4.79 Å². The molecule has 0 aliphatic heterocycles. The monoisotopic (exact) mass is 408 g/mol. The SMILES string of the molecule is Cc1oc(-c2ccccc2)nc1CC(=O)Nc1cccc(-c2nc3ccccc3[nH]2)c1. The fraction of sp³-hybridized carbons (Fsp3) is 0.0800. The van der Waals surface area contributed by atoms with Crippen molar-refractivity contribution in [2.24, 2.45) is 0 Å². The van der Waals surface area contributed by atoms with Crippen molar-refractivity contribution in [2.75, 3.05) is 5.32 Å². The summed E-state index contributed by atoms with van der Waals surface area (Å²) in [6.45, 7) is 1.82. The van der Waals surface area contributed by atoms with Crippen LogP contribution >= 0.6 is 0 Å². The minimum absolute atomic E-state index is 0.136. The Kier molecular flexibility index (Phi) is 4.80. The largest absolute Gasteiger partial charge is 0.441 e. The van der Waals surface area contributed by atoms with Crippen molar-refractivity contribution in [1.82, 2.24) is 15.0 Å². The fourth-order valence-corrected chi connectivity index (χ4v) is 3.49. The number of aromatic amines is 1. The molecule has 1 amide bonds. The molecular weight excluding hydrogens is 388 g/mol. The Hall–Kier alpha value is -4.19. The summed E-state index contributed by atoms with van der Waals surface area (Å²) >= 11 is 0. The van der Waals surface area contributed by atoms with E-state index in [1.54, 1.807) is 0 Å². The van der Waals surface area contributed by atoms with Crippen LogP contribution in [0.2, 0.25) is 0 Å². The molecule has 0 fully saturated rings. The molecular formula is C25H20N4O2. The van der Waals surface area contributed by atoms with Gasteiger partial charge in [0.2, 0.25) is 11.8 Å². The van der Waals surface area contributed by atoms with Crippen LogP contribution in [0, 0.1) is 6.92 Å². The van der Waals surface area contributed by atoms with E-state index in [0.717, 1.165) is 28.0 Å². The molecule has 6 heteroatoms. The Morgan fingerprint density at radius 1 is 0.935 bits per heavy atom. The van der Waals surface area contributed by atoms with E-state index in [2.05, 4.69) is 20.3 Å². The number of H-pyrrole nitrogens is 1. The number of oxazole rings is 1. The second-order valence-corrected chi connectivity index (χ2v) is 7.30. The van der Waals surface area contributed by atoms with Gasteiger partial charge in [-0.1, -0.05) is 42.5 Å². The van der Waals surface area contributed by atoms with Gasteiger partial charge in [0, 0.05) is 16.8 Å². The lowest BCUT2D eigenvalue weighted by atomic mass is 10.2. The topological polar surface area (TPSA) is 83.8 Å². The number of benzene rings is 3. The van der Waals surface area contributed by atoms with E-state index >= 15 is 0 Å². The first-order valence-corrected chi connectivity index (χ1v) is 10.0. The van der Waals surface area contributed by atoms with Crippen LogP contribution in [0.5, 0.6) is 0 Å². The first-order valence-electron chi connectivity index (χ1n) is 10.0. The second-order valence-electron chi connectivity index (χ2n) is 7.30. The summed E-state index contributed by atoms with van der Waals surface area (Å²) < 4.78 is 5.75. The van der Waals surface area contributed by atoms with Gasteiger partial charge in [-0.15, -0.1) is 0 Å². The lowest BCUT2D eigenvalue weighted by Gasteiger charge is -2.06. The van der Waals surface area contributed by atoms with Crippen LogP contribution in [0.1, 0.15) is 11.5 Å². The molecule has 152 valence electrons. The number of anilines is 1. The zero-order valence-electron chi connectivity index (χ0n) is 16.9. The van der Waals surface area contributed by atoms with E-state index in [4.69, 9.17) is 4.42 Å². The Bertz CT molecular complexity index is 1340. The molecule has 0 spiro atoms. The van der Waals surface area contributed by atoms with Crippen LogP contribution in [-0.2, 0) is 11.2 Å². The summed E-state index contributed by atoms with van der Waals surface area (Å²) in [5.41, 5.74) is 5.00. The quantitative estimate of drug-likeness (QED) is 0.409. The Balaban J connectivity index is 1.32. The third kappa shape index (κ3) is 3.96. The van der Waals surface area contributed by atoms with Gasteiger partial charge < -0.3 is 14.7 Å². The third-order valence-electron chi connectivity index (χ3n) is 5.05. The average Bonchev–Trinajstić information content (AvgIpc) is 3.38. The average molecular weight is 408 g/mol. The maximum atomic E-state index is 12.7. The molecule has 5 rings (SSSR count). The van der Waals surface area contributed by atoms with Crippen LogP contribution in [-0.4, -0.2) is 20.9 Å². The maximum absolute atomic E-state index is 12.7. The molecule has 0 saturated carbocycles. The number of fused-ring (bicyclic) bond motifs is 1. The molecule has 5 aromatic rings. The molecule has 2 heterocycles. The summed E-state index contributed by atoms with van der Waals surface area (Å²) in [6, 6.07) is 25.1. The van der Waals surface area contributed by atoms with Gasteiger partial charge in [0.05, 0.1) is 23.1 Å². The van der Waals surface area contributed by atoms with Gasteiger partial charge in [0.15, 0.2) is 0 Å². The number of hydrogen-bond acceptors (Lipinski definition) is 4. The zero-order chi connectivity index (χ0) is 21.2. The number of nitrogens with zero attached hydrogens (tertiary/aromatic N) is 2. The maximum Gasteiger partial charge on any atom is 0.230 e. The summed E-state index contributed by atoms with van der Waals surface area (Å²) in [5.74, 6) is 1.77. The summed E-state index contributed by atoms with van der Waals surface area (Å²) in [5, 5.41) is 2.95. The molecule has 0 bridgehead atoms. The van der Waals surface area contributed by atoms with Crippen molar-refractivity contribution >= 4 is 22.6 Å². The minimum atomic E-state index is -0.155. The molecule has 0 saturated heterocycles. The van der Waals surface area contributed by atoms with Gasteiger partial charge in [0.25, 0.3) is 0 Å². The number of rotatable bonds is 5. The number of aromatic nitrogens is 3. The number of nitrogens with one attached hydrogen (secondary N) is 2. The molecule has 0 aliphatic rings. The van der Waals surface area contributed by atoms with Gasteiger partial charge in [0.1, 0.15) is 11.6 Å². The Morgan fingerprint density at radius 2 is 1.71 bits per heavy atom. The third-order valence-corrected chi connectivity index (χ3v) is 5.05. The van der Waals surface area contributed by atoms with E-state index in [-0.39, 0.29) is 12.3 Å². The zero-order valence-corrected chi connectivity index (χ0v) is 16.9. The standard InChI is InChI=1S/C25H20N4O2/c1-16-22(29-25(31-16)17-8-3-2-4-9-17)15-23(30)26-19-11-7-10-18(14-19)24-27-20-12-5-6-13-21(20)28-24/h2-14H,15H2,1H3,(H,26,30)(H,27,28). The Labute approximate surface area is 179 Å². The summed E-state index contributed by atoms with van der Waals surface area (Å²) in [4.78, 5) is 25.1. The molecule has 0 unspecified atom stereocenters. The smallest absolute Gasteiger partial charge is 0.230 e. The number of amides is 1. The summed E-state index contributed by atoms with van der Waals surface area (Å²) in [7, 11) is 0. The van der Waals surface area contributed by atoms with Crippen molar-refractivity contribution in [1.29, 1.82) is 0 Å². The predicted octanol–water partition coefficient (Wildman–Crippen LogP) is 5.37. The molecule has 6 nitrogen and oxygen atoms in total. The lowest BCUT2D eigenvalue weighted by Crippen LogP contribution is -2.15. The number of aryl methyl sites for hydroxylation is 1. The van der Waals surface area contributed by atoms with Crippen LogP contribution < -0.4 is 5.32 Å². The van der Waals surface area contributed by atoms with Crippen molar-refractivity contribution in [2.45, 2.75) is 13.3 Å². The summed E-state index contributed by atoms with van der Waals surface area (Å²) in [6.07, 6.45) is 0.136. The number of hydrogen-bond donors (Lipinski definition) is 2.